The van der Waals surface area contributed by atoms with Gasteiger partial charge in [0.15, 0.2) is 16.3 Å². The minimum Gasteiger partial charge on any atom is -0.497 e. The first-order valence-electron chi connectivity index (χ1n) is 11.8. The fourth-order valence-corrected chi connectivity index (χ4v) is 5.77. The number of carbonyl (C=O) groups excluding carboxylic acids is 1. The van der Waals surface area contributed by atoms with Gasteiger partial charge in [-0.05, 0) is 71.2 Å². The fourth-order valence-electron chi connectivity index (χ4n) is 4.15. The molecule has 0 spiro atoms. The molecule has 0 unspecified atom stereocenters. The highest BCUT2D eigenvalue weighted by Gasteiger charge is 2.33. The highest BCUT2D eigenvalue weighted by atomic mass is 79.9. The third-order valence-electron chi connectivity index (χ3n) is 5.84. The Kier molecular flexibility index (Phi) is 8.53. The molecule has 2 aromatic carbocycles. The number of hydrogen-bond donors (Lipinski definition) is 0. The largest absolute Gasteiger partial charge is 0.497 e. The molecule has 10 heteroatoms. The van der Waals surface area contributed by atoms with Crippen molar-refractivity contribution in [1.29, 1.82) is 0 Å². The van der Waals surface area contributed by atoms with Crippen LogP contribution in [0.5, 0.6) is 17.2 Å². The summed E-state index contributed by atoms with van der Waals surface area (Å²) in [6, 6.07) is 10.2. The molecule has 3 aromatic rings. The van der Waals surface area contributed by atoms with E-state index in [1.165, 1.54) is 11.3 Å². The molecule has 1 aliphatic rings. The van der Waals surface area contributed by atoms with E-state index < -0.39 is 12.0 Å². The van der Waals surface area contributed by atoms with E-state index in [1.54, 1.807) is 63.0 Å². The van der Waals surface area contributed by atoms with Gasteiger partial charge in [-0.1, -0.05) is 36.1 Å². The lowest BCUT2D eigenvalue weighted by Gasteiger charge is -2.24. The van der Waals surface area contributed by atoms with Crippen LogP contribution in [0.2, 0.25) is 0 Å². The summed E-state index contributed by atoms with van der Waals surface area (Å²) in [6.45, 7) is 7.70. The van der Waals surface area contributed by atoms with Crippen LogP contribution in [0, 0.1) is 0 Å². The van der Waals surface area contributed by atoms with E-state index in [2.05, 4.69) is 27.5 Å². The molecule has 0 amide bonds. The quantitative estimate of drug-likeness (QED) is 0.272. The van der Waals surface area contributed by atoms with E-state index in [1.807, 2.05) is 18.2 Å². The summed E-state index contributed by atoms with van der Waals surface area (Å²) in [5.74, 6) is 1.21. The molecular weight excluding hydrogens is 572 g/mol. The molecule has 4 rings (SSSR count). The molecule has 0 bridgehead atoms. The normalized spacial score (nSPS) is 15.0. The van der Waals surface area contributed by atoms with Crippen molar-refractivity contribution < 1.29 is 23.7 Å². The Labute approximate surface area is 232 Å². The van der Waals surface area contributed by atoms with Crippen LogP contribution in [-0.2, 0) is 9.53 Å². The molecular formula is C28H27BrN2O6S. The van der Waals surface area contributed by atoms with Crippen LogP contribution in [0.15, 0.2) is 74.6 Å². The van der Waals surface area contributed by atoms with Crippen LogP contribution in [0.1, 0.15) is 31.0 Å². The van der Waals surface area contributed by atoms with Crippen LogP contribution in [-0.4, -0.2) is 38.0 Å². The van der Waals surface area contributed by atoms with E-state index in [9.17, 15) is 9.59 Å². The Balaban J connectivity index is 1.89. The molecule has 1 aromatic heterocycles. The molecule has 0 fully saturated rings. The van der Waals surface area contributed by atoms with Gasteiger partial charge >= 0.3 is 5.97 Å². The molecule has 1 aliphatic heterocycles. The summed E-state index contributed by atoms with van der Waals surface area (Å²) in [5.41, 5.74) is 2.02. The zero-order valence-corrected chi connectivity index (χ0v) is 23.9. The first-order valence-corrected chi connectivity index (χ1v) is 13.4. The summed E-state index contributed by atoms with van der Waals surface area (Å²) in [7, 11) is 3.13. The van der Waals surface area contributed by atoms with Gasteiger partial charge in [-0.3, -0.25) is 9.36 Å². The standard InChI is InChI=1S/C28H27BrN2O6S/c1-6-12-37-25-20(29)13-17(14-21(25)35-5)15-22-26(32)31-24(18-8-10-19(34-4)11-9-18)23(27(33)36-7-2)16(3)30-28(31)38-22/h6,8-11,13-15,24H,1,7,12H2,2-5H3/b22-15+/t24-/m1/s1. The van der Waals surface area contributed by atoms with Crippen LogP contribution in [0.4, 0.5) is 0 Å². The molecule has 38 heavy (non-hydrogen) atoms. The Morgan fingerprint density at radius 2 is 1.95 bits per heavy atom. The molecule has 8 nitrogen and oxygen atoms in total. The number of esters is 1. The van der Waals surface area contributed by atoms with E-state index >= 15 is 0 Å². The number of thiazole rings is 1. The molecule has 0 saturated heterocycles. The topological polar surface area (TPSA) is 88.4 Å². The Hall–Kier alpha value is -3.63. The lowest BCUT2D eigenvalue weighted by Crippen LogP contribution is -2.39. The molecule has 0 saturated carbocycles. The third kappa shape index (κ3) is 5.32. The second-order valence-corrected chi connectivity index (χ2v) is 10.1. The van der Waals surface area contributed by atoms with Gasteiger partial charge in [0, 0.05) is 0 Å². The number of carbonyl (C=O) groups is 1. The molecule has 198 valence electrons. The van der Waals surface area contributed by atoms with Crippen LogP contribution < -0.4 is 29.1 Å². The second-order valence-electron chi connectivity index (χ2n) is 8.21. The average molecular weight is 600 g/mol. The number of methoxy groups -OCH3 is 2. The predicted molar refractivity (Wildman–Crippen MR) is 150 cm³/mol. The van der Waals surface area contributed by atoms with Gasteiger partial charge in [0.05, 0.1) is 47.1 Å². The molecule has 2 heterocycles. The summed E-state index contributed by atoms with van der Waals surface area (Å²) >= 11 is 4.78. The number of rotatable bonds is 9. The highest BCUT2D eigenvalue weighted by Crippen LogP contribution is 2.37. The van der Waals surface area contributed by atoms with Gasteiger partial charge in [0.1, 0.15) is 12.4 Å². The second kappa shape index (κ2) is 11.8. The van der Waals surface area contributed by atoms with E-state index in [4.69, 9.17) is 18.9 Å². The summed E-state index contributed by atoms with van der Waals surface area (Å²) in [6.07, 6.45) is 3.41. The maximum absolute atomic E-state index is 13.8. The Bertz CT molecular complexity index is 1590. The van der Waals surface area contributed by atoms with E-state index in [-0.39, 0.29) is 12.2 Å². The van der Waals surface area contributed by atoms with Gasteiger partial charge in [-0.2, -0.15) is 0 Å². The number of allylic oxidation sites excluding steroid dienone is 1. The zero-order valence-electron chi connectivity index (χ0n) is 21.4. The zero-order chi connectivity index (χ0) is 27.4. The number of hydrogen-bond acceptors (Lipinski definition) is 8. The van der Waals surface area contributed by atoms with Crippen molar-refractivity contribution in [3.8, 4) is 17.2 Å². The lowest BCUT2D eigenvalue weighted by atomic mass is 9.96. The molecule has 0 radical (unpaired) electrons. The Morgan fingerprint density at radius 1 is 1.21 bits per heavy atom. The minimum absolute atomic E-state index is 0.207. The smallest absolute Gasteiger partial charge is 0.338 e. The van der Waals surface area contributed by atoms with E-state index in [0.29, 0.717) is 48.9 Å². The van der Waals surface area contributed by atoms with Crippen LogP contribution in [0.3, 0.4) is 0 Å². The number of fused-ring (bicyclic) bond motifs is 1. The number of benzene rings is 2. The summed E-state index contributed by atoms with van der Waals surface area (Å²) in [5, 5.41) is 0. The van der Waals surface area contributed by atoms with Crippen molar-refractivity contribution in [2.24, 2.45) is 4.99 Å². The first kappa shape index (κ1) is 27.4. The molecule has 0 aliphatic carbocycles. The van der Waals surface area contributed by atoms with Crippen molar-refractivity contribution in [1.82, 2.24) is 4.57 Å². The maximum atomic E-state index is 13.8. The maximum Gasteiger partial charge on any atom is 0.338 e. The molecule has 1 atom stereocenters. The van der Waals surface area contributed by atoms with Gasteiger partial charge in [-0.25, -0.2) is 9.79 Å². The van der Waals surface area contributed by atoms with Gasteiger partial charge in [-0.15, -0.1) is 0 Å². The van der Waals surface area contributed by atoms with Crippen LogP contribution in [0.25, 0.3) is 6.08 Å². The van der Waals surface area contributed by atoms with Gasteiger partial charge in [0.2, 0.25) is 0 Å². The van der Waals surface area contributed by atoms with Crippen molar-refractivity contribution >= 4 is 39.3 Å². The van der Waals surface area contributed by atoms with Gasteiger partial charge in [0.25, 0.3) is 5.56 Å². The molecule has 0 N–H and O–H groups in total. The number of nitrogens with zero attached hydrogens (tertiary/aromatic N) is 2. The fraction of sp³-hybridized carbons (Fsp3) is 0.250. The van der Waals surface area contributed by atoms with Crippen molar-refractivity contribution in [3.05, 3.63) is 95.6 Å². The van der Waals surface area contributed by atoms with Gasteiger partial charge < -0.3 is 18.9 Å². The minimum atomic E-state index is -0.700. The summed E-state index contributed by atoms with van der Waals surface area (Å²) in [4.78, 5) is 31.9. The third-order valence-corrected chi connectivity index (χ3v) is 7.42. The highest BCUT2D eigenvalue weighted by molar-refractivity contribution is 9.10. The van der Waals surface area contributed by atoms with E-state index in [0.717, 1.165) is 11.1 Å². The van der Waals surface area contributed by atoms with Crippen molar-refractivity contribution in [3.63, 3.8) is 0 Å². The lowest BCUT2D eigenvalue weighted by molar-refractivity contribution is -0.139. The Morgan fingerprint density at radius 3 is 2.58 bits per heavy atom. The first-order chi connectivity index (χ1) is 18.3. The predicted octanol–water partition coefficient (Wildman–Crippen LogP) is 4.14. The monoisotopic (exact) mass is 598 g/mol. The average Bonchev–Trinajstić information content (AvgIpc) is 3.21. The SMILES string of the molecule is C=CCOc1c(Br)cc(/C=c2/sc3n(c2=O)[C@H](c2ccc(OC)cc2)C(C(=O)OCC)=C(C)N=3)cc1OC. The van der Waals surface area contributed by atoms with Crippen molar-refractivity contribution in [2.45, 2.75) is 19.9 Å². The number of halogens is 1. The van der Waals surface area contributed by atoms with Crippen molar-refractivity contribution in [2.75, 3.05) is 27.4 Å². The number of ether oxygens (including phenoxy) is 4. The summed E-state index contributed by atoms with van der Waals surface area (Å²) < 4.78 is 24.5. The van der Waals surface area contributed by atoms with Crippen LogP contribution >= 0.6 is 27.3 Å². The number of aromatic nitrogens is 1.